The highest BCUT2D eigenvalue weighted by Gasteiger charge is 2.41. The van der Waals surface area contributed by atoms with Crippen LogP contribution in [0.4, 0.5) is 0 Å². The first-order valence-corrected chi connectivity index (χ1v) is 8.42. The molecule has 132 valence electrons. The van der Waals surface area contributed by atoms with Crippen LogP contribution in [-0.4, -0.2) is 9.55 Å². The number of nitriles is 1. The van der Waals surface area contributed by atoms with Gasteiger partial charge in [0.25, 0.3) is 0 Å². The van der Waals surface area contributed by atoms with Crippen LogP contribution in [0.1, 0.15) is 34.2 Å². The lowest BCUT2D eigenvalue weighted by molar-refractivity contribution is -0.0145. The summed E-state index contributed by atoms with van der Waals surface area (Å²) in [6.07, 6.45) is 6.40. The number of hydrogen-bond donors (Lipinski definition) is 0. The average Bonchev–Trinajstić information content (AvgIpc) is 3.28. The van der Waals surface area contributed by atoms with Crippen molar-refractivity contribution in [1.82, 2.24) is 9.55 Å². The Morgan fingerprint density at radius 2 is 2.04 bits per heavy atom. The molecule has 0 aliphatic carbocycles. The summed E-state index contributed by atoms with van der Waals surface area (Å²) < 4.78 is 8.46. The summed E-state index contributed by atoms with van der Waals surface area (Å²) in [7, 11) is 0. The minimum absolute atomic E-state index is 0. The Morgan fingerprint density at radius 1 is 1.23 bits per heavy atom. The third-order valence-electron chi connectivity index (χ3n) is 4.94. The van der Waals surface area contributed by atoms with E-state index in [1.165, 1.54) is 5.56 Å². The predicted octanol–water partition coefficient (Wildman–Crippen LogP) is 4.35. The van der Waals surface area contributed by atoms with Crippen LogP contribution in [0.2, 0.25) is 0 Å². The molecule has 0 N–H and O–H groups in total. The van der Waals surface area contributed by atoms with Gasteiger partial charge in [0.1, 0.15) is 5.60 Å². The van der Waals surface area contributed by atoms with Crippen molar-refractivity contribution in [2.24, 2.45) is 0 Å². The highest BCUT2D eigenvalue weighted by Crippen LogP contribution is 2.45. The molecule has 4 nitrogen and oxygen atoms in total. The lowest BCUT2D eigenvalue weighted by Gasteiger charge is -2.31. The standard InChI is InChI=1S/C21H19N3O.ClH/c1-16-2-5-19(6-3-16)21(8-10-24-11-9-23-15-24)20-7-4-17(13-22)12-18(20)14-25-21;/h2-7,9,11-12,15H,8,10,14H2,1H3;1H. The van der Waals surface area contributed by atoms with Crippen LogP contribution in [-0.2, 0) is 23.5 Å². The zero-order chi connectivity index (χ0) is 17.3. The molecular weight excluding hydrogens is 346 g/mol. The van der Waals surface area contributed by atoms with E-state index in [-0.39, 0.29) is 12.4 Å². The van der Waals surface area contributed by atoms with Crippen LogP contribution in [0.15, 0.2) is 61.2 Å². The van der Waals surface area contributed by atoms with E-state index in [9.17, 15) is 5.26 Å². The largest absolute Gasteiger partial charge is 0.361 e. The SMILES string of the molecule is Cc1ccc(C2(CCn3ccnc3)OCc3cc(C#N)ccc32)cc1.Cl. The average molecular weight is 366 g/mol. The third kappa shape index (κ3) is 3.12. The van der Waals surface area contributed by atoms with Crippen molar-refractivity contribution in [3.63, 3.8) is 0 Å². The Hall–Kier alpha value is -2.61. The summed E-state index contributed by atoms with van der Waals surface area (Å²) in [5.74, 6) is 0. The molecule has 1 unspecified atom stereocenters. The van der Waals surface area contributed by atoms with Crippen molar-refractivity contribution >= 4 is 12.4 Å². The molecule has 0 fully saturated rings. The van der Waals surface area contributed by atoms with Gasteiger partial charge in [-0.05, 0) is 35.7 Å². The highest BCUT2D eigenvalue weighted by atomic mass is 35.5. The molecule has 1 aromatic heterocycles. The molecule has 0 spiro atoms. The Morgan fingerprint density at radius 3 is 2.73 bits per heavy atom. The number of fused-ring (bicyclic) bond motifs is 1. The van der Waals surface area contributed by atoms with E-state index in [0.717, 1.165) is 29.7 Å². The van der Waals surface area contributed by atoms with Gasteiger partial charge in [0, 0.05) is 25.4 Å². The Kier molecular flexibility index (Phi) is 5.13. The van der Waals surface area contributed by atoms with E-state index < -0.39 is 5.60 Å². The number of halogens is 1. The van der Waals surface area contributed by atoms with Gasteiger partial charge in [-0.3, -0.25) is 0 Å². The number of ether oxygens (including phenoxy) is 1. The van der Waals surface area contributed by atoms with Gasteiger partial charge in [-0.25, -0.2) is 4.98 Å². The van der Waals surface area contributed by atoms with Crippen LogP contribution >= 0.6 is 12.4 Å². The molecule has 3 aromatic rings. The van der Waals surface area contributed by atoms with Gasteiger partial charge in [-0.15, -0.1) is 12.4 Å². The fraction of sp³-hybridized carbons (Fsp3) is 0.238. The van der Waals surface area contributed by atoms with Crippen LogP contribution in [0.5, 0.6) is 0 Å². The molecule has 1 aliphatic heterocycles. The number of nitrogens with zero attached hydrogens (tertiary/aromatic N) is 3. The molecule has 1 atom stereocenters. The zero-order valence-corrected chi connectivity index (χ0v) is 15.4. The van der Waals surface area contributed by atoms with Crippen molar-refractivity contribution in [2.45, 2.75) is 32.1 Å². The minimum Gasteiger partial charge on any atom is -0.361 e. The number of rotatable bonds is 4. The van der Waals surface area contributed by atoms with Crippen molar-refractivity contribution in [3.8, 4) is 6.07 Å². The molecule has 2 aromatic carbocycles. The van der Waals surface area contributed by atoms with Crippen LogP contribution in [0, 0.1) is 18.3 Å². The summed E-state index contributed by atoms with van der Waals surface area (Å²) in [6.45, 7) is 3.43. The first-order valence-electron chi connectivity index (χ1n) is 8.42. The quantitative estimate of drug-likeness (QED) is 0.690. The molecule has 2 heterocycles. The van der Waals surface area contributed by atoms with E-state index in [2.05, 4.69) is 52.9 Å². The maximum absolute atomic E-state index is 9.17. The van der Waals surface area contributed by atoms with Gasteiger partial charge >= 0.3 is 0 Å². The maximum atomic E-state index is 9.17. The summed E-state index contributed by atoms with van der Waals surface area (Å²) >= 11 is 0. The molecule has 5 heteroatoms. The Balaban J connectivity index is 0.00000196. The van der Waals surface area contributed by atoms with Gasteiger partial charge in [-0.2, -0.15) is 5.26 Å². The predicted molar refractivity (Wildman–Crippen MR) is 102 cm³/mol. The second kappa shape index (κ2) is 7.33. The molecule has 0 saturated carbocycles. The molecule has 4 rings (SSSR count). The summed E-state index contributed by atoms with van der Waals surface area (Å²) in [4.78, 5) is 4.13. The molecule has 0 radical (unpaired) electrons. The number of hydrogen-bond acceptors (Lipinski definition) is 3. The lowest BCUT2D eigenvalue weighted by Crippen LogP contribution is -2.28. The summed E-state index contributed by atoms with van der Waals surface area (Å²) in [6, 6.07) is 16.6. The fourth-order valence-corrected chi connectivity index (χ4v) is 3.57. The van der Waals surface area contributed by atoms with Crippen LogP contribution in [0.3, 0.4) is 0 Å². The van der Waals surface area contributed by atoms with Gasteiger partial charge in [0.15, 0.2) is 0 Å². The Labute approximate surface area is 159 Å². The third-order valence-corrected chi connectivity index (χ3v) is 4.94. The fourth-order valence-electron chi connectivity index (χ4n) is 3.57. The molecular formula is C21H20ClN3O. The van der Waals surface area contributed by atoms with Gasteiger partial charge in [0.05, 0.1) is 24.6 Å². The monoisotopic (exact) mass is 365 g/mol. The van der Waals surface area contributed by atoms with E-state index in [1.54, 1.807) is 6.20 Å². The second-order valence-corrected chi connectivity index (χ2v) is 6.52. The lowest BCUT2D eigenvalue weighted by atomic mass is 9.82. The summed E-state index contributed by atoms with van der Waals surface area (Å²) in [5, 5.41) is 9.17. The topological polar surface area (TPSA) is 50.8 Å². The molecule has 0 bridgehead atoms. The van der Waals surface area contributed by atoms with Crippen molar-refractivity contribution in [3.05, 3.63) is 89.0 Å². The maximum Gasteiger partial charge on any atom is 0.121 e. The minimum atomic E-state index is -0.485. The van der Waals surface area contributed by atoms with E-state index in [4.69, 9.17) is 4.74 Å². The molecule has 0 saturated heterocycles. The van der Waals surface area contributed by atoms with Crippen molar-refractivity contribution < 1.29 is 4.74 Å². The first kappa shape index (κ1) is 18.2. The van der Waals surface area contributed by atoms with E-state index in [1.807, 2.05) is 24.7 Å². The molecule has 26 heavy (non-hydrogen) atoms. The van der Waals surface area contributed by atoms with Crippen molar-refractivity contribution in [1.29, 1.82) is 5.26 Å². The number of aromatic nitrogens is 2. The number of benzene rings is 2. The first-order chi connectivity index (χ1) is 12.2. The van der Waals surface area contributed by atoms with E-state index in [0.29, 0.717) is 12.2 Å². The van der Waals surface area contributed by atoms with E-state index >= 15 is 0 Å². The molecule has 1 aliphatic rings. The van der Waals surface area contributed by atoms with Crippen LogP contribution < -0.4 is 0 Å². The van der Waals surface area contributed by atoms with Crippen molar-refractivity contribution in [2.75, 3.05) is 0 Å². The second-order valence-electron chi connectivity index (χ2n) is 6.52. The van der Waals surface area contributed by atoms with Gasteiger partial charge < -0.3 is 9.30 Å². The zero-order valence-electron chi connectivity index (χ0n) is 14.6. The normalized spacial score (nSPS) is 18.0. The Bertz CT molecular complexity index is 929. The summed E-state index contributed by atoms with van der Waals surface area (Å²) in [5.41, 5.74) is 4.84. The smallest absolute Gasteiger partial charge is 0.121 e. The number of aryl methyl sites for hydroxylation is 2. The van der Waals surface area contributed by atoms with Crippen LogP contribution in [0.25, 0.3) is 0 Å². The van der Waals surface area contributed by atoms with Gasteiger partial charge in [0.2, 0.25) is 0 Å². The van der Waals surface area contributed by atoms with Gasteiger partial charge in [-0.1, -0.05) is 35.9 Å². The highest BCUT2D eigenvalue weighted by molar-refractivity contribution is 5.85. The number of imidazole rings is 1. The molecule has 0 amide bonds.